The van der Waals surface area contributed by atoms with Crippen LogP contribution in [-0.4, -0.2) is 12.5 Å². The summed E-state index contributed by atoms with van der Waals surface area (Å²) in [5.41, 5.74) is 2.10. The maximum absolute atomic E-state index is 10.8. The molecule has 0 spiro atoms. The number of carbonyl (C=O) groups excluding carboxylic acids is 1. The number of aryl methyl sites for hydroxylation is 1. The zero-order valence-corrected chi connectivity index (χ0v) is 9.56. The van der Waals surface area contributed by atoms with Crippen LogP contribution in [0.15, 0.2) is 23.1 Å². The topological polar surface area (TPSA) is 17.1 Å². The minimum Gasteiger partial charge on any atom is -0.298 e. The van der Waals surface area contributed by atoms with Crippen LogP contribution in [0.4, 0.5) is 0 Å². The van der Waals surface area contributed by atoms with E-state index in [1.165, 1.54) is 18.4 Å². The van der Waals surface area contributed by atoms with Crippen molar-refractivity contribution in [2.75, 3.05) is 6.26 Å². The van der Waals surface area contributed by atoms with Gasteiger partial charge in [-0.05, 0) is 36.8 Å². The molecule has 0 amide bonds. The van der Waals surface area contributed by atoms with E-state index in [9.17, 15) is 4.79 Å². The molecule has 0 atom stereocenters. The third-order valence-electron chi connectivity index (χ3n) is 2.24. The Morgan fingerprint density at radius 1 is 1.43 bits per heavy atom. The van der Waals surface area contributed by atoms with Gasteiger partial charge >= 0.3 is 0 Å². The Hall–Kier alpha value is -0.760. The summed E-state index contributed by atoms with van der Waals surface area (Å²) in [4.78, 5) is 11.9. The zero-order valence-electron chi connectivity index (χ0n) is 8.75. The average molecular weight is 208 g/mol. The Labute approximate surface area is 89.9 Å². The van der Waals surface area contributed by atoms with Crippen molar-refractivity contribution in [1.29, 1.82) is 0 Å². The Bertz CT molecular complexity index is 307. The predicted octanol–water partition coefficient (Wildman–Crippen LogP) is 3.56. The largest absolute Gasteiger partial charge is 0.298 e. The third kappa shape index (κ3) is 2.88. The van der Waals surface area contributed by atoms with E-state index in [0.29, 0.717) is 0 Å². The fourth-order valence-corrected chi connectivity index (χ4v) is 1.96. The van der Waals surface area contributed by atoms with E-state index in [2.05, 4.69) is 13.0 Å². The molecule has 0 heterocycles. The number of unbranched alkanes of at least 4 members (excludes halogenated alkanes) is 1. The van der Waals surface area contributed by atoms with E-state index in [-0.39, 0.29) is 0 Å². The standard InChI is InChI=1S/C12H16OS/c1-3-4-5-10-6-7-12(14-2)11(8-10)9-13/h6-9H,3-5H2,1-2H3. The summed E-state index contributed by atoms with van der Waals surface area (Å²) in [6.07, 6.45) is 6.40. The molecular formula is C12H16OS. The second-order valence-electron chi connectivity index (χ2n) is 3.30. The van der Waals surface area contributed by atoms with Crippen molar-refractivity contribution in [3.05, 3.63) is 29.3 Å². The fraction of sp³-hybridized carbons (Fsp3) is 0.417. The van der Waals surface area contributed by atoms with Crippen LogP contribution >= 0.6 is 11.8 Å². The maximum Gasteiger partial charge on any atom is 0.151 e. The van der Waals surface area contributed by atoms with E-state index in [1.807, 2.05) is 18.4 Å². The lowest BCUT2D eigenvalue weighted by molar-refractivity contribution is 0.112. The lowest BCUT2D eigenvalue weighted by Crippen LogP contribution is -1.90. The zero-order chi connectivity index (χ0) is 10.4. The first-order chi connectivity index (χ1) is 6.81. The molecule has 1 rings (SSSR count). The van der Waals surface area contributed by atoms with Crippen molar-refractivity contribution < 1.29 is 4.79 Å². The van der Waals surface area contributed by atoms with E-state index in [0.717, 1.165) is 23.2 Å². The van der Waals surface area contributed by atoms with Gasteiger partial charge in [-0.25, -0.2) is 0 Å². The number of carbonyl (C=O) groups is 1. The van der Waals surface area contributed by atoms with Gasteiger partial charge in [-0.15, -0.1) is 11.8 Å². The van der Waals surface area contributed by atoms with Crippen molar-refractivity contribution in [1.82, 2.24) is 0 Å². The summed E-state index contributed by atoms with van der Waals surface area (Å²) in [5, 5.41) is 0. The number of rotatable bonds is 5. The van der Waals surface area contributed by atoms with Crippen LogP contribution in [0.3, 0.4) is 0 Å². The monoisotopic (exact) mass is 208 g/mol. The minimum atomic E-state index is 0.825. The van der Waals surface area contributed by atoms with Gasteiger partial charge in [-0.1, -0.05) is 19.4 Å². The second-order valence-corrected chi connectivity index (χ2v) is 4.15. The summed E-state index contributed by atoms with van der Waals surface area (Å²) < 4.78 is 0. The van der Waals surface area contributed by atoms with E-state index in [1.54, 1.807) is 11.8 Å². The van der Waals surface area contributed by atoms with Crippen molar-refractivity contribution >= 4 is 18.0 Å². The normalized spacial score (nSPS) is 10.1. The molecular weight excluding hydrogens is 192 g/mol. The van der Waals surface area contributed by atoms with Gasteiger partial charge < -0.3 is 0 Å². The summed E-state index contributed by atoms with van der Waals surface area (Å²) in [5.74, 6) is 0. The lowest BCUT2D eigenvalue weighted by Gasteiger charge is -2.04. The van der Waals surface area contributed by atoms with Crippen molar-refractivity contribution in [2.45, 2.75) is 31.1 Å². The van der Waals surface area contributed by atoms with Crippen LogP contribution in [0, 0.1) is 0 Å². The average Bonchev–Trinajstić information content (AvgIpc) is 2.25. The Morgan fingerprint density at radius 2 is 2.21 bits per heavy atom. The van der Waals surface area contributed by atoms with Gasteiger partial charge in [-0.3, -0.25) is 4.79 Å². The summed E-state index contributed by atoms with van der Waals surface area (Å²) in [7, 11) is 0. The SMILES string of the molecule is CCCCc1ccc(SC)c(C=O)c1. The van der Waals surface area contributed by atoms with Gasteiger partial charge in [0.15, 0.2) is 6.29 Å². The number of hydrogen-bond acceptors (Lipinski definition) is 2. The van der Waals surface area contributed by atoms with E-state index in [4.69, 9.17) is 0 Å². The highest BCUT2D eigenvalue weighted by Crippen LogP contribution is 2.20. The van der Waals surface area contributed by atoms with Crippen LogP contribution in [0.2, 0.25) is 0 Å². The van der Waals surface area contributed by atoms with Crippen LogP contribution in [-0.2, 0) is 6.42 Å². The van der Waals surface area contributed by atoms with Crippen LogP contribution < -0.4 is 0 Å². The molecule has 0 unspecified atom stereocenters. The molecule has 0 fully saturated rings. The minimum absolute atomic E-state index is 0.825. The molecule has 0 saturated carbocycles. The van der Waals surface area contributed by atoms with Crippen LogP contribution in [0.1, 0.15) is 35.7 Å². The molecule has 2 heteroatoms. The molecule has 0 aliphatic carbocycles. The molecule has 1 aromatic carbocycles. The van der Waals surface area contributed by atoms with Crippen LogP contribution in [0.5, 0.6) is 0 Å². The molecule has 1 aromatic rings. The van der Waals surface area contributed by atoms with Gasteiger partial charge in [0.2, 0.25) is 0 Å². The molecule has 76 valence electrons. The van der Waals surface area contributed by atoms with Crippen molar-refractivity contribution in [3.63, 3.8) is 0 Å². The summed E-state index contributed by atoms with van der Waals surface area (Å²) >= 11 is 1.62. The van der Waals surface area contributed by atoms with Crippen molar-refractivity contribution in [3.8, 4) is 0 Å². The summed E-state index contributed by atoms with van der Waals surface area (Å²) in [6, 6.07) is 6.17. The Morgan fingerprint density at radius 3 is 2.79 bits per heavy atom. The number of benzene rings is 1. The first-order valence-corrected chi connectivity index (χ1v) is 6.16. The van der Waals surface area contributed by atoms with Gasteiger partial charge in [0.1, 0.15) is 0 Å². The highest BCUT2D eigenvalue weighted by Gasteiger charge is 2.01. The highest BCUT2D eigenvalue weighted by molar-refractivity contribution is 7.98. The predicted molar refractivity (Wildman–Crippen MR) is 62.2 cm³/mol. The molecule has 0 aromatic heterocycles. The maximum atomic E-state index is 10.8. The third-order valence-corrected chi connectivity index (χ3v) is 3.05. The molecule has 1 nitrogen and oxygen atoms in total. The number of thioether (sulfide) groups is 1. The molecule has 0 saturated heterocycles. The number of hydrogen-bond donors (Lipinski definition) is 0. The van der Waals surface area contributed by atoms with E-state index < -0.39 is 0 Å². The van der Waals surface area contributed by atoms with Crippen LogP contribution in [0.25, 0.3) is 0 Å². The Kier molecular flexibility index (Phi) is 4.74. The second kappa shape index (κ2) is 5.86. The summed E-state index contributed by atoms with van der Waals surface area (Å²) in [6.45, 7) is 2.18. The Balaban J connectivity index is 2.84. The van der Waals surface area contributed by atoms with Gasteiger partial charge in [0.25, 0.3) is 0 Å². The van der Waals surface area contributed by atoms with Gasteiger partial charge in [-0.2, -0.15) is 0 Å². The van der Waals surface area contributed by atoms with E-state index >= 15 is 0 Å². The van der Waals surface area contributed by atoms with Gasteiger partial charge in [0.05, 0.1) is 0 Å². The molecule has 0 aliphatic heterocycles. The molecule has 0 radical (unpaired) electrons. The molecule has 14 heavy (non-hydrogen) atoms. The fourth-order valence-electron chi connectivity index (χ4n) is 1.41. The first kappa shape index (κ1) is 11.3. The lowest BCUT2D eigenvalue weighted by atomic mass is 10.1. The van der Waals surface area contributed by atoms with Crippen molar-refractivity contribution in [2.24, 2.45) is 0 Å². The quantitative estimate of drug-likeness (QED) is 0.543. The molecule has 0 bridgehead atoms. The molecule has 0 N–H and O–H groups in total. The number of aldehydes is 1. The highest BCUT2D eigenvalue weighted by atomic mass is 32.2. The first-order valence-electron chi connectivity index (χ1n) is 4.94. The van der Waals surface area contributed by atoms with Gasteiger partial charge in [0, 0.05) is 10.5 Å². The molecule has 0 aliphatic rings. The smallest absolute Gasteiger partial charge is 0.151 e.